The smallest absolute Gasteiger partial charge is 0.254 e. The van der Waals surface area contributed by atoms with Crippen LogP contribution in [0.15, 0.2) is 73.1 Å². The van der Waals surface area contributed by atoms with Gasteiger partial charge in [-0.25, -0.2) is 4.98 Å². The van der Waals surface area contributed by atoms with Crippen LogP contribution in [0.2, 0.25) is 0 Å². The minimum atomic E-state index is -0.0456. The number of para-hydroxylation sites is 2. The van der Waals surface area contributed by atoms with Gasteiger partial charge in [-0.3, -0.25) is 9.78 Å². The molecule has 0 spiro atoms. The van der Waals surface area contributed by atoms with Crippen molar-refractivity contribution in [1.82, 2.24) is 14.9 Å². The Labute approximate surface area is 186 Å². The van der Waals surface area contributed by atoms with Crippen LogP contribution in [-0.2, 0) is 6.54 Å². The number of pyridine rings is 2. The summed E-state index contributed by atoms with van der Waals surface area (Å²) in [6.07, 6.45) is 3.46. The zero-order valence-corrected chi connectivity index (χ0v) is 17.8. The van der Waals surface area contributed by atoms with Crippen LogP contribution in [0.1, 0.15) is 22.8 Å². The van der Waals surface area contributed by atoms with Crippen molar-refractivity contribution < 1.29 is 14.3 Å². The minimum Gasteiger partial charge on any atom is -0.486 e. The second-order valence-corrected chi connectivity index (χ2v) is 7.57. The Hall–Kier alpha value is -3.93. The quantitative estimate of drug-likeness (QED) is 0.463. The number of ether oxygens (including phenoxy) is 2. The third kappa shape index (κ3) is 3.75. The highest BCUT2D eigenvalue weighted by Crippen LogP contribution is 2.35. The number of hydrogen-bond acceptors (Lipinski definition) is 5. The molecule has 0 N–H and O–H groups in total. The fourth-order valence-electron chi connectivity index (χ4n) is 3.98. The molecular weight excluding hydrogens is 402 g/mol. The number of amides is 1. The number of benzene rings is 2. The van der Waals surface area contributed by atoms with Gasteiger partial charge < -0.3 is 14.4 Å². The monoisotopic (exact) mass is 425 g/mol. The molecule has 3 heterocycles. The molecule has 5 rings (SSSR count). The highest BCUT2D eigenvalue weighted by molar-refractivity contribution is 6.07. The number of hydrogen-bond donors (Lipinski definition) is 0. The predicted molar refractivity (Wildman–Crippen MR) is 123 cm³/mol. The van der Waals surface area contributed by atoms with Crippen molar-refractivity contribution in [2.75, 3.05) is 19.8 Å². The molecule has 1 amide bonds. The number of carbonyl (C=O) groups excluding carboxylic acids is 1. The van der Waals surface area contributed by atoms with E-state index in [0.717, 1.165) is 39.2 Å². The topological polar surface area (TPSA) is 64.6 Å². The van der Waals surface area contributed by atoms with Gasteiger partial charge in [-0.15, -0.1) is 0 Å². The largest absolute Gasteiger partial charge is 0.486 e. The van der Waals surface area contributed by atoms with Gasteiger partial charge in [-0.2, -0.15) is 0 Å². The van der Waals surface area contributed by atoms with Gasteiger partial charge in [0.1, 0.15) is 13.2 Å². The van der Waals surface area contributed by atoms with E-state index in [0.29, 0.717) is 31.9 Å². The molecule has 0 bridgehead atoms. The zero-order chi connectivity index (χ0) is 21.9. The molecule has 0 atom stereocenters. The summed E-state index contributed by atoms with van der Waals surface area (Å²) in [6, 6.07) is 19.2. The first kappa shape index (κ1) is 20.0. The van der Waals surface area contributed by atoms with Crippen LogP contribution < -0.4 is 9.47 Å². The van der Waals surface area contributed by atoms with Crippen LogP contribution in [-0.4, -0.2) is 40.5 Å². The van der Waals surface area contributed by atoms with E-state index in [4.69, 9.17) is 14.5 Å². The third-order valence-corrected chi connectivity index (χ3v) is 5.60. The zero-order valence-electron chi connectivity index (χ0n) is 17.8. The van der Waals surface area contributed by atoms with Crippen LogP contribution >= 0.6 is 0 Å². The average molecular weight is 425 g/mol. The van der Waals surface area contributed by atoms with Crippen LogP contribution in [0.3, 0.4) is 0 Å². The number of carbonyl (C=O) groups is 1. The van der Waals surface area contributed by atoms with Gasteiger partial charge in [-0.05, 0) is 37.3 Å². The number of aromatic nitrogens is 2. The second-order valence-electron chi connectivity index (χ2n) is 7.57. The van der Waals surface area contributed by atoms with E-state index in [-0.39, 0.29) is 5.91 Å². The summed E-state index contributed by atoms with van der Waals surface area (Å²) in [4.78, 5) is 24.5. The van der Waals surface area contributed by atoms with E-state index >= 15 is 0 Å². The molecule has 0 saturated heterocycles. The van der Waals surface area contributed by atoms with Gasteiger partial charge in [0.25, 0.3) is 5.91 Å². The predicted octanol–water partition coefficient (Wildman–Crippen LogP) is 4.73. The summed E-state index contributed by atoms with van der Waals surface area (Å²) in [5.41, 5.74) is 4.02. The molecule has 6 nitrogen and oxygen atoms in total. The van der Waals surface area contributed by atoms with Crippen molar-refractivity contribution in [1.29, 1.82) is 0 Å². The lowest BCUT2D eigenvalue weighted by molar-refractivity contribution is 0.0751. The van der Waals surface area contributed by atoms with E-state index in [1.54, 1.807) is 12.4 Å². The number of rotatable bonds is 5. The van der Waals surface area contributed by atoms with E-state index in [2.05, 4.69) is 4.98 Å². The summed E-state index contributed by atoms with van der Waals surface area (Å²) in [6.45, 7) is 4.02. The first-order valence-corrected chi connectivity index (χ1v) is 10.7. The summed E-state index contributed by atoms with van der Waals surface area (Å²) in [7, 11) is 0. The van der Waals surface area contributed by atoms with E-state index < -0.39 is 0 Å². The van der Waals surface area contributed by atoms with Crippen LogP contribution in [0.25, 0.3) is 22.2 Å². The molecule has 1 aliphatic heterocycles. The SMILES string of the molecule is CCN(Cc1cccc2c1OCCO2)C(=O)c1cc(-c2ccncc2)nc2ccccc12. The summed E-state index contributed by atoms with van der Waals surface area (Å²) in [5, 5.41) is 0.837. The Morgan fingerprint density at radius 2 is 1.81 bits per heavy atom. The second kappa shape index (κ2) is 8.67. The molecule has 2 aromatic carbocycles. The molecule has 4 aromatic rings. The average Bonchev–Trinajstić information content (AvgIpc) is 2.86. The van der Waals surface area contributed by atoms with Gasteiger partial charge in [-0.1, -0.05) is 30.3 Å². The molecule has 160 valence electrons. The summed E-state index contributed by atoms with van der Waals surface area (Å²) in [5.74, 6) is 1.41. The molecular formula is C26H23N3O3. The van der Waals surface area contributed by atoms with Gasteiger partial charge in [0, 0.05) is 42.0 Å². The maximum Gasteiger partial charge on any atom is 0.254 e. The molecule has 0 aliphatic carbocycles. The molecule has 0 radical (unpaired) electrons. The Bertz CT molecular complexity index is 1270. The van der Waals surface area contributed by atoms with Gasteiger partial charge >= 0.3 is 0 Å². The van der Waals surface area contributed by atoms with Gasteiger partial charge in [0.15, 0.2) is 11.5 Å². The molecule has 2 aromatic heterocycles. The Morgan fingerprint density at radius 3 is 2.66 bits per heavy atom. The fraction of sp³-hybridized carbons (Fsp3) is 0.192. The molecule has 0 unspecified atom stereocenters. The summed E-state index contributed by atoms with van der Waals surface area (Å²) < 4.78 is 11.6. The van der Waals surface area contributed by atoms with E-state index in [9.17, 15) is 4.79 Å². The maximum atomic E-state index is 13.8. The molecule has 1 aliphatic rings. The lowest BCUT2D eigenvalue weighted by atomic mass is 10.0. The molecule has 0 fully saturated rings. The highest BCUT2D eigenvalue weighted by Gasteiger charge is 2.22. The third-order valence-electron chi connectivity index (χ3n) is 5.60. The molecule has 32 heavy (non-hydrogen) atoms. The highest BCUT2D eigenvalue weighted by atomic mass is 16.6. The van der Waals surface area contributed by atoms with Crippen molar-refractivity contribution in [2.45, 2.75) is 13.5 Å². The van der Waals surface area contributed by atoms with Crippen molar-refractivity contribution in [3.05, 3.63) is 84.2 Å². The fourth-order valence-corrected chi connectivity index (χ4v) is 3.98. The Kier molecular flexibility index (Phi) is 5.42. The van der Waals surface area contributed by atoms with Crippen LogP contribution in [0, 0.1) is 0 Å². The molecule has 6 heteroatoms. The van der Waals surface area contributed by atoms with Crippen LogP contribution in [0.5, 0.6) is 11.5 Å². The standard InChI is InChI=1S/C26H23N3O3/c1-2-29(17-19-6-5-9-24-25(19)32-15-14-31-24)26(30)21-16-23(18-10-12-27-13-11-18)28-22-8-4-3-7-20(21)22/h3-13,16H,2,14-15,17H2,1H3. The van der Waals surface area contributed by atoms with E-state index in [1.807, 2.05) is 72.5 Å². The van der Waals surface area contributed by atoms with Crippen molar-refractivity contribution >= 4 is 16.8 Å². The molecule has 0 saturated carbocycles. The van der Waals surface area contributed by atoms with Gasteiger partial charge in [0.05, 0.1) is 16.8 Å². The van der Waals surface area contributed by atoms with Gasteiger partial charge in [0.2, 0.25) is 0 Å². The lowest BCUT2D eigenvalue weighted by Gasteiger charge is -2.26. The van der Waals surface area contributed by atoms with Crippen molar-refractivity contribution in [3.63, 3.8) is 0 Å². The van der Waals surface area contributed by atoms with Crippen molar-refractivity contribution in [2.24, 2.45) is 0 Å². The van der Waals surface area contributed by atoms with Crippen molar-refractivity contribution in [3.8, 4) is 22.8 Å². The summed E-state index contributed by atoms with van der Waals surface area (Å²) >= 11 is 0. The first-order chi connectivity index (χ1) is 15.7. The first-order valence-electron chi connectivity index (χ1n) is 10.7. The Balaban J connectivity index is 1.55. The van der Waals surface area contributed by atoms with Crippen LogP contribution in [0.4, 0.5) is 0 Å². The number of fused-ring (bicyclic) bond motifs is 2. The normalized spacial score (nSPS) is 12.5. The Morgan fingerprint density at radius 1 is 1.00 bits per heavy atom. The minimum absolute atomic E-state index is 0.0456. The number of nitrogens with zero attached hydrogens (tertiary/aromatic N) is 3. The lowest BCUT2D eigenvalue weighted by Crippen LogP contribution is -2.31. The van der Waals surface area contributed by atoms with E-state index in [1.165, 1.54) is 0 Å². The maximum absolute atomic E-state index is 13.8.